The van der Waals surface area contributed by atoms with Gasteiger partial charge in [-0.1, -0.05) is 30.3 Å². The predicted molar refractivity (Wildman–Crippen MR) is 92.3 cm³/mol. The number of carbonyl (C=O) groups excluding carboxylic acids is 1. The fourth-order valence-corrected chi connectivity index (χ4v) is 2.27. The Morgan fingerprint density at radius 1 is 1.16 bits per heavy atom. The van der Waals surface area contributed by atoms with E-state index in [0.29, 0.717) is 18.7 Å². The van der Waals surface area contributed by atoms with E-state index in [0.717, 1.165) is 5.56 Å². The van der Waals surface area contributed by atoms with Crippen LogP contribution in [0.2, 0.25) is 0 Å². The minimum Gasteiger partial charge on any atom is -0.484 e. The minimum absolute atomic E-state index is 0.0294. The molecule has 1 atom stereocenters. The van der Waals surface area contributed by atoms with Crippen LogP contribution in [0.5, 0.6) is 5.75 Å². The van der Waals surface area contributed by atoms with E-state index in [9.17, 15) is 20.0 Å². The summed E-state index contributed by atoms with van der Waals surface area (Å²) in [6.07, 6.45) is 0.667. The third kappa shape index (κ3) is 6.23. The second-order valence-electron chi connectivity index (χ2n) is 5.58. The second-order valence-corrected chi connectivity index (χ2v) is 5.58. The molecule has 0 fully saturated rings. The fourth-order valence-electron chi connectivity index (χ4n) is 2.27. The average Bonchev–Trinajstić information content (AvgIpc) is 2.64. The highest BCUT2D eigenvalue weighted by molar-refractivity contribution is 5.77. The molecule has 0 spiro atoms. The van der Waals surface area contributed by atoms with E-state index < -0.39 is 4.92 Å². The maximum absolute atomic E-state index is 11.8. The molecule has 2 rings (SSSR count). The van der Waals surface area contributed by atoms with Gasteiger partial charge in [0.05, 0.1) is 4.92 Å². The highest BCUT2D eigenvalue weighted by Crippen LogP contribution is 2.17. The number of benzene rings is 2. The van der Waals surface area contributed by atoms with Crippen LogP contribution in [-0.2, 0) is 11.2 Å². The van der Waals surface area contributed by atoms with Crippen LogP contribution >= 0.6 is 0 Å². The zero-order valence-corrected chi connectivity index (χ0v) is 13.6. The fraction of sp³-hybridized carbons (Fsp3) is 0.278. The Kier molecular flexibility index (Phi) is 6.91. The monoisotopic (exact) mass is 344 g/mol. The number of nitrogens with zero attached hydrogens (tertiary/aromatic N) is 1. The number of aliphatic hydroxyl groups is 1. The number of hydrogen-bond acceptors (Lipinski definition) is 5. The number of nitro groups is 1. The molecule has 0 aromatic heterocycles. The van der Waals surface area contributed by atoms with Crippen molar-refractivity contribution in [3.8, 4) is 5.75 Å². The van der Waals surface area contributed by atoms with Gasteiger partial charge >= 0.3 is 0 Å². The first-order valence-corrected chi connectivity index (χ1v) is 7.87. The number of non-ortho nitro benzene ring substituents is 1. The zero-order valence-electron chi connectivity index (χ0n) is 13.6. The SMILES string of the molecule is O=C(COc1ccc([N+](=O)[O-])cc1)NCC(CO)Cc1ccccc1. The Labute approximate surface area is 145 Å². The molecule has 7 nitrogen and oxygen atoms in total. The molecule has 0 aliphatic heterocycles. The summed E-state index contributed by atoms with van der Waals surface area (Å²) >= 11 is 0. The van der Waals surface area contributed by atoms with E-state index in [1.807, 2.05) is 30.3 Å². The van der Waals surface area contributed by atoms with Crippen molar-refractivity contribution in [1.29, 1.82) is 0 Å². The molecule has 0 radical (unpaired) electrons. The van der Waals surface area contributed by atoms with Gasteiger partial charge in [-0.25, -0.2) is 0 Å². The van der Waals surface area contributed by atoms with E-state index in [4.69, 9.17) is 4.74 Å². The molecule has 0 heterocycles. The Hall–Kier alpha value is -2.93. The highest BCUT2D eigenvalue weighted by atomic mass is 16.6. The standard InChI is InChI=1S/C18H20N2O5/c21-12-15(10-14-4-2-1-3-5-14)11-19-18(22)13-25-17-8-6-16(7-9-17)20(23)24/h1-9,15,21H,10-13H2,(H,19,22). The summed E-state index contributed by atoms with van der Waals surface area (Å²) in [7, 11) is 0. The van der Waals surface area contributed by atoms with E-state index in [1.54, 1.807) is 0 Å². The molecule has 132 valence electrons. The maximum Gasteiger partial charge on any atom is 0.269 e. The minimum atomic E-state index is -0.502. The molecule has 1 unspecified atom stereocenters. The van der Waals surface area contributed by atoms with Crippen LogP contribution in [0.25, 0.3) is 0 Å². The molecule has 2 aromatic rings. The van der Waals surface area contributed by atoms with Gasteiger partial charge in [0.15, 0.2) is 6.61 Å². The van der Waals surface area contributed by atoms with E-state index in [1.165, 1.54) is 24.3 Å². The third-order valence-corrected chi connectivity index (χ3v) is 3.63. The number of nitrogens with one attached hydrogen (secondary N) is 1. The van der Waals surface area contributed by atoms with Crippen molar-refractivity contribution < 1.29 is 19.6 Å². The molecule has 0 saturated heterocycles. The molecular formula is C18H20N2O5. The van der Waals surface area contributed by atoms with Gasteiger partial charge in [-0.2, -0.15) is 0 Å². The number of hydrogen-bond donors (Lipinski definition) is 2. The van der Waals surface area contributed by atoms with Crippen LogP contribution in [0.4, 0.5) is 5.69 Å². The van der Waals surface area contributed by atoms with Gasteiger partial charge in [0.1, 0.15) is 5.75 Å². The average molecular weight is 344 g/mol. The Morgan fingerprint density at radius 3 is 2.44 bits per heavy atom. The summed E-state index contributed by atoms with van der Waals surface area (Å²) in [6, 6.07) is 15.2. The first-order valence-electron chi connectivity index (χ1n) is 7.87. The number of aliphatic hydroxyl groups excluding tert-OH is 1. The van der Waals surface area contributed by atoms with Gasteiger partial charge in [-0.15, -0.1) is 0 Å². The summed E-state index contributed by atoms with van der Waals surface area (Å²) in [6.45, 7) is 0.119. The maximum atomic E-state index is 11.8. The predicted octanol–water partition coefficient (Wildman–Crippen LogP) is 1.94. The van der Waals surface area contributed by atoms with Crippen LogP contribution in [0.1, 0.15) is 5.56 Å². The summed E-state index contributed by atoms with van der Waals surface area (Å²) in [4.78, 5) is 21.9. The van der Waals surface area contributed by atoms with Crippen molar-refractivity contribution in [3.05, 3.63) is 70.3 Å². The Bertz CT molecular complexity index is 688. The van der Waals surface area contributed by atoms with Gasteiger partial charge in [0.25, 0.3) is 11.6 Å². The van der Waals surface area contributed by atoms with Crippen molar-refractivity contribution in [1.82, 2.24) is 5.32 Å². The topological polar surface area (TPSA) is 102 Å². The third-order valence-electron chi connectivity index (χ3n) is 3.63. The number of carbonyl (C=O) groups is 1. The van der Waals surface area contributed by atoms with Gasteiger partial charge in [0, 0.05) is 31.2 Å². The van der Waals surface area contributed by atoms with E-state index in [-0.39, 0.29) is 30.7 Å². The number of nitro benzene ring substituents is 1. The summed E-state index contributed by atoms with van der Waals surface area (Å²) < 4.78 is 5.29. The van der Waals surface area contributed by atoms with Crippen molar-refractivity contribution in [2.75, 3.05) is 19.8 Å². The molecule has 2 N–H and O–H groups in total. The molecular weight excluding hydrogens is 324 g/mol. The lowest BCUT2D eigenvalue weighted by atomic mass is 10.0. The summed E-state index contributed by atoms with van der Waals surface area (Å²) in [5, 5.41) is 22.7. The first kappa shape index (κ1) is 18.4. The van der Waals surface area contributed by atoms with Crippen molar-refractivity contribution >= 4 is 11.6 Å². The van der Waals surface area contributed by atoms with Gasteiger partial charge < -0.3 is 15.2 Å². The molecule has 25 heavy (non-hydrogen) atoms. The second kappa shape index (κ2) is 9.39. The largest absolute Gasteiger partial charge is 0.484 e. The van der Waals surface area contributed by atoms with E-state index >= 15 is 0 Å². The van der Waals surface area contributed by atoms with Gasteiger partial charge in [-0.3, -0.25) is 14.9 Å². The molecule has 2 aromatic carbocycles. The van der Waals surface area contributed by atoms with Crippen LogP contribution in [-0.4, -0.2) is 35.7 Å². The smallest absolute Gasteiger partial charge is 0.269 e. The van der Waals surface area contributed by atoms with Gasteiger partial charge in [0.2, 0.25) is 0 Å². The van der Waals surface area contributed by atoms with Crippen LogP contribution in [0.15, 0.2) is 54.6 Å². The van der Waals surface area contributed by atoms with Crippen molar-refractivity contribution in [3.63, 3.8) is 0 Å². The molecule has 1 amide bonds. The molecule has 0 aliphatic rings. The summed E-state index contributed by atoms with van der Waals surface area (Å²) in [5.74, 6) is -0.0145. The van der Waals surface area contributed by atoms with Crippen molar-refractivity contribution in [2.24, 2.45) is 5.92 Å². The number of rotatable bonds is 9. The van der Waals surface area contributed by atoms with Gasteiger partial charge in [-0.05, 0) is 24.1 Å². The normalized spacial score (nSPS) is 11.6. The van der Waals surface area contributed by atoms with E-state index in [2.05, 4.69) is 5.32 Å². The van der Waals surface area contributed by atoms with Crippen LogP contribution < -0.4 is 10.1 Å². The van der Waals surface area contributed by atoms with Crippen molar-refractivity contribution in [2.45, 2.75) is 6.42 Å². The first-order chi connectivity index (χ1) is 12.1. The lowest BCUT2D eigenvalue weighted by Gasteiger charge is -2.15. The molecule has 0 aliphatic carbocycles. The quantitative estimate of drug-likeness (QED) is 0.535. The van der Waals surface area contributed by atoms with Crippen LogP contribution in [0, 0.1) is 16.0 Å². The Balaban J connectivity index is 1.74. The zero-order chi connectivity index (χ0) is 18.1. The van der Waals surface area contributed by atoms with Crippen LogP contribution in [0.3, 0.4) is 0 Å². The lowest BCUT2D eigenvalue weighted by molar-refractivity contribution is -0.384. The number of amides is 1. The molecule has 0 saturated carbocycles. The summed E-state index contributed by atoms with van der Waals surface area (Å²) in [5.41, 5.74) is 1.06. The molecule has 7 heteroatoms. The highest BCUT2D eigenvalue weighted by Gasteiger charge is 2.11. The Morgan fingerprint density at radius 2 is 1.84 bits per heavy atom. The number of ether oxygens (including phenoxy) is 1. The lowest BCUT2D eigenvalue weighted by Crippen LogP contribution is -2.35. The molecule has 0 bridgehead atoms.